The molecule has 2 aromatic rings. The molecular weight excluding hydrogens is 339 g/mol. The topological polar surface area (TPSA) is 12.0 Å². The molecule has 1 atom stereocenters. The minimum absolute atomic E-state index is 0.103. The number of nitrogens with one attached hydrogen (secondary N) is 1. The minimum atomic E-state index is -1.18. The molecule has 102 valence electrons. The summed E-state index contributed by atoms with van der Waals surface area (Å²) < 4.78 is 41.0. The molecule has 0 bridgehead atoms. The summed E-state index contributed by atoms with van der Waals surface area (Å²) in [6, 6.07) is 2.82. The second-order valence-corrected chi connectivity index (χ2v) is 6.25. The van der Waals surface area contributed by atoms with Gasteiger partial charge in [0.25, 0.3) is 0 Å². The zero-order chi connectivity index (χ0) is 14.0. The maximum atomic E-state index is 13.8. The molecular formula is C13H11BrF3NS. The van der Waals surface area contributed by atoms with Gasteiger partial charge in [0.1, 0.15) is 5.82 Å². The van der Waals surface area contributed by atoms with Gasteiger partial charge < -0.3 is 5.32 Å². The van der Waals surface area contributed by atoms with Crippen molar-refractivity contribution in [3.05, 3.63) is 55.9 Å². The Morgan fingerprint density at radius 3 is 2.42 bits per heavy atom. The van der Waals surface area contributed by atoms with E-state index in [1.54, 1.807) is 0 Å². The van der Waals surface area contributed by atoms with E-state index in [1.807, 2.05) is 18.4 Å². The lowest BCUT2D eigenvalue weighted by Crippen LogP contribution is -2.23. The van der Waals surface area contributed by atoms with Crippen LogP contribution in [0, 0.1) is 17.5 Å². The summed E-state index contributed by atoms with van der Waals surface area (Å²) in [6.45, 7) is 2.45. The molecule has 0 aliphatic carbocycles. The van der Waals surface area contributed by atoms with Crippen LogP contribution in [0.25, 0.3) is 0 Å². The van der Waals surface area contributed by atoms with Crippen LogP contribution in [0.3, 0.4) is 0 Å². The van der Waals surface area contributed by atoms with Gasteiger partial charge in [-0.3, -0.25) is 0 Å². The third-order valence-electron chi connectivity index (χ3n) is 2.68. The molecule has 1 aromatic heterocycles. The minimum Gasteiger partial charge on any atom is -0.306 e. The Kier molecular flexibility index (Phi) is 4.65. The molecule has 1 unspecified atom stereocenters. The molecule has 1 heterocycles. The van der Waals surface area contributed by atoms with E-state index in [1.165, 1.54) is 11.3 Å². The summed E-state index contributed by atoms with van der Waals surface area (Å²) in [4.78, 5) is 0. The van der Waals surface area contributed by atoms with Crippen LogP contribution in [0.15, 0.2) is 27.4 Å². The van der Waals surface area contributed by atoms with Crippen LogP contribution in [0.1, 0.15) is 24.1 Å². The van der Waals surface area contributed by atoms with Crippen LogP contribution in [-0.4, -0.2) is 6.54 Å². The predicted molar refractivity (Wildman–Crippen MR) is 73.9 cm³/mol. The number of thiophene rings is 1. The van der Waals surface area contributed by atoms with E-state index in [4.69, 9.17) is 0 Å². The van der Waals surface area contributed by atoms with Gasteiger partial charge in [-0.1, -0.05) is 6.92 Å². The van der Waals surface area contributed by atoms with Gasteiger partial charge in [-0.05, 0) is 45.6 Å². The van der Waals surface area contributed by atoms with Crippen molar-refractivity contribution in [3.63, 3.8) is 0 Å². The Balaban J connectivity index is 2.47. The summed E-state index contributed by atoms with van der Waals surface area (Å²) in [5, 5.41) is 4.92. The lowest BCUT2D eigenvalue weighted by Gasteiger charge is -2.18. The average molecular weight is 350 g/mol. The molecule has 1 aromatic carbocycles. The normalized spacial score (nSPS) is 12.7. The third kappa shape index (κ3) is 3.19. The molecule has 0 fully saturated rings. The predicted octanol–water partition coefficient (Wildman–Crippen LogP) is 4.63. The molecule has 6 heteroatoms. The highest BCUT2D eigenvalue weighted by Gasteiger charge is 2.20. The second-order valence-electron chi connectivity index (χ2n) is 3.96. The zero-order valence-corrected chi connectivity index (χ0v) is 12.4. The Morgan fingerprint density at radius 1 is 1.16 bits per heavy atom. The molecule has 0 spiro atoms. The van der Waals surface area contributed by atoms with Gasteiger partial charge in [0, 0.05) is 11.6 Å². The van der Waals surface area contributed by atoms with E-state index in [9.17, 15) is 13.2 Å². The van der Waals surface area contributed by atoms with Crippen molar-refractivity contribution in [2.45, 2.75) is 13.0 Å². The summed E-state index contributed by atoms with van der Waals surface area (Å²) in [7, 11) is 0. The Morgan fingerprint density at radius 2 is 1.84 bits per heavy atom. The van der Waals surface area contributed by atoms with E-state index in [-0.39, 0.29) is 5.56 Å². The van der Waals surface area contributed by atoms with Gasteiger partial charge in [-0.15, -0.1) is 11.3 Å². The number of rotatable bonds is 4. The Bertz CT molecular complexity index is 585. The highest BCUT2D eigenvalue weighted by atomic mass is 79.9. The Labute approximate surface area is 121 Å². The molecule has 0 amide bonds. The van der Waals surface area contributed by atoms with Crippen molar-refractivity contribution in [1.82, 2.24) is 5.32 Å². The monoisotopic (exact) mass is 349 g/mol. The van der Waals surface area contributed by atoms with Crippen molar-refractivity contribution < 1.29 is 13.2 Å². The van der Waals surface area contributed by atoms with Crippen molar-refractivity contribution in [2.24, 2.45) is 0 Å². The van der Waals surface area contributed by atoms with E-state index in [0.717, 1.165) is 15.4 Å². The van der Waals surface area contributed by atoms with Gasteiger partial charge in [-0.2, -0.15) is 0 Å². The summed E-state index contributed by atoms with van der Waals surface area (Å²) in [6.07, 6.45) is 0. The van der Waals surface area contributed by atoms with E-state index < -0.39 is 23.5 Å². The molecule has 0 saturated carbocycles. The van der Waals surface area contributed by atoms with Gasteiger partial charge >= 0.3 is 0 Å². The van der Waals surface area contributed by atoms with Crippen molar-refractivity contribution in [3.8, 4) is 0 Å². The molecule has 1 N–H and O–H groups in total. The fourth-order valence-corrected chi connectivity index (χ4v) is 3.05. The van der Waals surface area contributed by atoms with Crippen LogP contribution in [-0.2, 0) is 0 Å². The summed E-state index contributed by atoms with van der Waals surface area (Å²) in [5.74, 6) is -2.98. The molecule has 0 aliphatic heterocycles. The van der Waals surface area contributed by atoms with Crippen LogP contribution in [0.2, 0.25) is 0 Å². The van der Waals surface area contributed by atoms with E-state index in [0.29, 0.717) is 12.6 Å². The molecule has 2 rings (SSSR count). The average Bonchev–Trinajstić information content (AvgIpc) is 2.78. The molecule has 0 radical (unpaired) electrons. The van der Waals surface area contributed by atoms with Crippen LogP contribution >= 0.6 is 27.3 Å². The number of hydrogen-bond donors (Lipinski definition) is 1. The lowest BCUT2D eigenvalue weighted by atomic mass is 10.0. The quantitative estimate of drug-likeness (QED) is 0.793. The van der Waals surface area contributed by atoms with Crippen molar-refractivity contribution in [2.75, 3.05) is 6.54 Å². The first-order chi connectivity index (χ1) is 9.02. The molecule has 1 nitrogen and oxygen atoms in total. The fourth-order valence-electron chi connectivity index (χ4n) is 1.85. The SMILES string of the molecule is CCNC(c1csc(Br)c1)c1cc(F)c(F)cc1F. The smallest absolute Gasteiger partial charge is 0.161 e. The van der Waals surface area contributed by atoms with Crippen molar-refractivity contribution in [1.29, 1.82) is 0 Å². The third-order valence-corrected chi connectivity index (χ3v) is 4.20. The van der Waals surface area contributed by atoms with E-state index in [2.05, 4.69) is 21.2 Å². The van der Waals surface area contributed by atoms with Crippen LogP contribution in [0.4, 0.5) is 13.2 Å². The van der Waals surface area contributed by atoms with E-state index >= 15 is 0 Å². The number of benzene rings is 1. The first-order valence-electron chi connectivity index (χ1n) is 5.64. The maximum absolute atomic E-state index is 13.8. The molecule has 0 aliphatic rings. The summed E-state index contributed by atoms with van der Waals surface area (Å²) in [5.41, 5.74) is 0.912. The first kappa shape index (κ1) is 14.6. The van der Waals surface area contributed by atoms with Gasteiger partial charge in [0.2, 0.25) is 0 Å². The lowest BCUT2D eigenvalue weighted by molar-refractivity contribution is 0.481. The number of halogens is 4. The van der Waals surface area contributed by atoms with Crippen molar-refractivity contribution >= 4 is 27.3 Å². The van der Waals surface area contributed by atoms with Crippen LogP contribution in [0.5, 0.6) is 0 Å². The second kappa shape index (κ2) is 6.07. The standard InChI is InChI=1S/C13H11BrF3NS/c1-2-18-13(7-3-12(14)19-6-7)8-4-10(16)11(17)5-9(8)15/h3-6,13,18H,2H2,1H3. The number of hydrogen-bond acceptors (Lipinski definition) is 2. The fraction of sp³-hybridized carbons (Fsp3) is 0.231. The largest absolute Gasteiger partial charge is 0.306 e. The zero-order valence-electron chi connectivity index (χ0n) is 10.0. The first-order valence-corrected chi connectivity index (χ1v) is 7.32. The van der Waals surface area contributed by atoms with Crippen LogP contribution < -0.4 is 5.32 Å². The van der Waals surface area contributed by atoms with Gasteiger partial charge in [0.05, 0.1) is 9.83 Å². The highest BCUT2D eigenvalue weighted by Crippen LogP contribution is 2.31. The van der Waals surface area contributed by atoms with Gasteiger partial charge in [-0.25, -0.2) is 13.2 Å². The summed E-state index contributed by atoms with van der Waals surface area (Å²) >= 11 is 4.78. The maximum Gasteiger partial charge on any atom is 0.161 e. The van der Waals surface area contributed by atoms with Gasteiger partial charge in [0.15, 0.2) is 11.6 Å². The molecule has 0 saturated heterocycles. The highest BCUT2D eigenvalue weighted by molar-refractivity contribution is 9.11. The molecule has 19 heavy (non-hydrogen) atoms. The Hall–Kier alpha value is -0.850.